The highest BCUT2D eigenvalue weighted by atomic mass is 35.5. The molecule has 0 aliphatic carbocycles. The van der Waals surface area contributed by atoms with Crippen molar-refractivity contribution in [3.05, 3.63) is 65.2 Å². The Morgan fingerprint density at radius 2 is 1.81 bits per heavy atom. The Morgan fingerprint density at radius 3 is 2.56 bits per heavy atom. The summed E-state index contributed by atoms with van der Waals surface area (Å²) < 4.78 is 17.5. The van der Waals surface area contributed by atoms with Gasteiger partial charge in [-0.05, 0) is 29.2 Å². The number of ether oxygens (including phenoxy) is 3. The number of aromatic nitrogens is 3. The number of nitrogens with one attached hydrogen (secondary N) is 2. The molecule has 6 rings (SSSR count). The molecule has 0 radical (unpaired) electrons. The quantitative estimate of drug-likeness (QED) is 0.401. The fraction of sp³-hybridized carbons (Fsp3) is 0.296. The van der Waals surface area contributed by atoms with E-state index in [4.69, 9.17) is 30.8 Å². The lowest BCUT2D eigenvalue weighted by Crippen LogP contribution is -2.32. The lowest BCUT2D eigenvalue weighted by atomic mass is 10.0. The van der Waals surface area contributed by atoms with E-state index in [0.29, 0.717) is 47.6 Å². The van der Waals surface area contributed by atoms with Gasteiger partial charge in [-0.25, -0.2) is 4.98 Å². The lowest BCUT2D eigenvalue weighted by molar-refractivity contribution is -0.119. The highest BCUT2D eigenvalue weighted by Gasteiger charge is 2.43. The summed E-state index contributed by atoms with van der Waals surface area (Å²) in [5.74, 6) is -0.0426. The van der Waals surface area contributed by atoms with Crippen molar-refractivity contribution < 1.29 is 19.0 Å². The molecule has 36 heavy (non-hydrogen) atoms. The average Bonchev–Trinajstić information content (AvgIpc) is 3.60. The third-order valence-electron chi connectivity index (χ3n) is 6.58. The summed E-state index contributed by atoms with van der Waals surface area (Å²) >= 11 is 6.60. The van der Waals surface area contributed by atoms with Gasteiger partial charge in [0.05, 0.1) is 28.9 Å². The summed E-state index contributed by atoms with van der Waals surface area (Å²) in [7, 11) is 0. The number of carbonyl (C=O) groups is 1. The molecular formula is C27H25ClN4O4. The maximum absolute atomic E-state index is 11.1. The summed E-state index contributed by atoms with van der Waals surface area (Å²) in [5.41, 5.74) is 5.99. The standard InChI is InChI=1S/C27H25ClN4O4/c1-15(33)29-13-16-2-4-17(5-3-16)18-6-8-19(9-7-18)24-20(28)12-21-26(31-24)32-27(30-21)36-23-14-35-22-10-11-34-25(22)23/h2-9,12,22-23,25H,10-11,13-14H2,1H3,(H,29,33)(H,30,31,32)/t22-,23?,25+/m1/s1. The lowest BCUT2D eigenvalue weighted by Gasteiger charge is -2.15. The van der Waals surface area contributed by atoms with Crippen LogP contribution in [0.5, 0.6) is 6.01 Å². The fourth-order valence-electron chi connectivity index (χ4n) is 4.69. The van der Waals surface area contributed by atoms with Crippen LogP contribution in [-0.2, 0) is 20.8 Å². The highest BCUT2D eigenvalue weighted by Crippen LogP contribution is 2.33. The Labute approximate surface area is 213 Å². The van der Waals surface area contributed by atoms with E-state index >= 15 is 0 Å². The number of pyridine rings is 1. The second-order valence-electron chi connectivity index (χ2n) is 9.07. The Hall–Kier alpha value is -3.46. The monoisotopic (exact) mass is 504 g/mol. The van der Waals surface area contributed by atoms with Crippen molar-refractivity contribution in [2.75, 3.05) is 13.2 Å². The normalized spacial score (nSPS) is 21.0. The second kappa shape index (κ2) is 9.54. The van der Waals surface area contributed by atoms with Crippen molar-refractivity contribution in [3.8, 4) is 28.4 Å². The molecule has 4 heterocycles. The van der Waals surface area contributed by atoms with Crippen molar-refractivity contribution >= 4 is 28.7 Å². The molecule has 2 saturated heterocycles. The van der Waals surface area contributed by atoms with Crippen molar-refractivity contribution in [2.45, 2.75) is 38.2 Å². The fourth-order valence-corrected chi connectivity index (χ4v) is 4.95. The number of nitrogens with zero attached hydrogens (tertiary/aromatic N) is 2. The third-order valence-corrected chi connectivity index (χ3v) is 6.86. The summed E-state index contributed by atoms with van der Waals surface area (Å²) in [4.78, 5) is 23.5. The first-order valence-corrected chi connectivity index (χ1v) is 12.3. The molecule has 0 bridgehead atoms. The first-order chi connectivity index (χ1) is 17.5. The van der Waals surface area contributed by atoms with Crippen LogP contribution >= 0.6 is 11.6 Å². The minimum atomic E-state index is -0.194. The van der Waals surface area contributed by atoms with Gasteiger partial charge >= 0.3 is 0 Å². The minimum absolute atomic E-state index is 0.0426. The van der Waals surface area contributed by atoms with E-state index in [1.54, 1.807) is 0 Å². The van der Waals surface area contributed by atoms with Gasteiger partial charge in [0.25, 0.3) is 6.01 Å². The number of benzene rings is 2. The molecule has 4 aromatic rings. The Kier molecular flexibility index (Phi) is 6.08. The second-order valence-corrected chi connectivity index (χ2v) is 9.48. The molecule has 1 amide bonds. The van der Waals surface area contributed by atoms with Gasteiger partial charge in [-0.15, -0.1) is 0 Å². The van der Waals surface area contributed by atoms with Gasteiger partial charge in [-0.2, -0.15) is 4.98 Å². The van der Waals surface area contributed by atoms with Crippen LogP contribution in [0.3, 0.4) is 0 Å². The molecule has 8 nitrogen and oxygen atoms in total. The number of amides is 1. The number of fused-ring (bicyclic) bond motifs is 2. The number of H-pyrrole nitrogens is 1. The van der Waals surface area contributed by atoms with Gasteiger partial charge in [0.1, 0.15) is 6.10 Å². The SMILES string of the molecule is CC(=O)NCc1ccc(-c2ccc(-c3nc4nc(OC5CO[C@@H]6CCO[C@H]56)[nH]c4cc3Cl)cc2)cc1. The molecule has 0 saturated carbocycles. The smallest absolute Gasteiger partial charge is 0.296 e. The molecule has 2 aliphatic rings. The molecule has 2 aromatic heterocycles. The minimum Gasteiger partial charge on any atom is -0.456 e. The first kappa shape index (κ1) is 23.0. The van der Waals surface area contributed by atoms with Gasteiger partial charge < -0.3 is 24.5 Å². The van der Waals surface area contributed by atoms with Crippen LogP contribution in [0, 0.1) is 0 Å². The number of carbonyl (C=O) groups excluding carboxylic acids is 1. The molecular weight excluding hydrogens is 480 g/mol. The van der Waals surface area contributed by atoms with Crippen LogP contribution < -0.4 is 10.1 Å². The molecule has 184 valence electrons. The maximum Gasteiger partial charge on any atom is 0.296 e. The van der Waals surface area contributed by atoms with Crippen LogP contribution in [0.15, 0.2) is 54.6 Å². The predicted octanol–water partition coefficient (Wildman–Crippen LogP) is 4.52. The molecule has 0 spiro atoms. The van der Waals surface area contributed by atoms with Crippen molar-refractivity contribution in [2.24, 2.45) is 0 Å². The number of aromatic amines is 1. The van der Waals surface area contributed by atoms with Crippen molar-refractivity contribution in [3.63, 3.8) is 0 Å². The van der Waals surface area contributed by atoms with E-state index in [9.17, 15) is 4.79 Å². The average molecular weight is 505 g/mol. The van der Waals surface area contributed by atoms with E-state index in [1.165, 1.54) is 6.92 Å². The van der Waals surface area contributed by atoms with Crippen LogP contribution in [0.2, 0.25) is 5.02 Å². The van der Waals surface area contributed by atoms with Gasteiger partial charge in [-0.1, -0.05) is 60.1 Å². The van der Waals surface area contributed by atoms with Crippen molar-refractivity contribution in [1.82, 2.24) is 20.3 Å². The molecule has 3 atom stereocenters. The summed E-state index contributed by atoms with van der Waals surface area (Å²) in [6.45, 7) is 3.21. The number of rotatable bonds is 6. The summed E-state index contributed by atoms with van der Waals surface area (Å²) in [6.07, 6.45) is 0.744. The summed E-state index contributed by atoms with van der Waals surface area (Å²) in [5, 5.41) is 3.33. The van der Waals surface area contributed by atoms with E-state index < -0.39 is 0 Å². The maximum atomic E-state index is 11.1. The number of halogens is 1. The largest absolute Gasteiger partial charge is 0.456 e. The molecule has 9 heteroatoms. The van der Waals surface area contributed by atoms with Crippen LogP contribution in [0.4, 0.5) is 0 Å². The third kappa shape index (κ3) is 4.55. The van der Waals surface area contributed by atoms with Gasteiger partial charge in [0, 0.05) is 25.6 Å². The van der Waals surface area contributed by atoms with E-state index in [-0.39, 0.29) is 24.2 Å². The van der Waals surface area contributed by atoms with E-state index in [1.807, 2.05) is 54.6 Å². The molecule has 1 unspecified atom stereocenters. The Balaban J connectivity index is 1.19. The van der Waals surface area contributed by atoms with Crippen LogP contribution in [0.25, 0.3) is 33.5 Å². The van der Waals surface area contributed by atoms with E-state index in [0.717, 1.165) is 28.7 Å². The predicted molar refractivity (Wildman–Crippen MR) is 136 cm³/mol. The summed E-state index contributed by atoms with van der Waals surface area (Å²) in [6, 6.07) is 18.4. The van der Waals surface area contributed by atoms with Crippen LogP contribution in [-0.4, -0.2) is 52.4 Å². The van der Waals surface area contributed by atoms with Gasteiger partial charge in [0.2, 0.25) is 5.91 Å². The Morgan fingerprint density at radius 1 is 1.08 bits per heavy atom. The zero-order valence-electron chi connectivity index (χ0n) is 19.7. The zero-order valence-corrected chi connectivity index (χ0v) is 20.4. The Bertz CT molecular complexity index is 1400. The number of imidazole rings is 1. The zero-order chi connectivity index (χ0) is 24.6. The molecule has 2 fully saturated rings. The van der Waals surface area contributed by atoms with Crippen molar-refractivity contribution in [1.29, 1.82) is 0 Å². The number of hydrogen-bond acceptors (Lipinski definition) is 6. The highest BCUT2D eigenvalue weighted by molar-refractivity contribution is 6.33. The van der Waals surface area contributed by atoms with Gasteiger partial charge in [0.15, 0.2) is 11.8 Å². The van der Waals surface area contributed by atoms with Gasteiger partial charge in [-0.3, -0.25) is 4.79 Å². The van der Waals surface area contributed by atoms with E-state index in [2.05, 4.69) is 15.3 Å². The molecule has 2 aliphatic heterocycles. The first-order valence-electron chi connectivity index (χ1n) is 11.9. The topological polar surface area (TPSA) is 98.4 Å². The molecule has 2 aromatic carbocycles. The van der Waals surface area contributed by atoms with Crippen LogP contribution in [0.1, 0.15) is 18.9 Å². The molecule has 2 N–H and O–H groups in total. The number of hydrogen-bond donors (Lipinski definition) is 2.